The van der Waals surface area contributed by atoms with E-state index >= 15 is 0 Å². The van der Waals surface area contributed by atoms with Gasteiger partial charge in [0.1, 0.15) is 11.5 Å². The molecule has 2 aromatic carbocycles. The number of aldehydes is 1. The van der Waals surface area contributed by atoms with Gasteiger partial charge >= 0.3 is 0 Å². The molecule has 0 saturated heterocycles. The van der Waals surface area contributed by atoms with Gasteiger partial charge in [0.2, 0.25) is 0 Å². The van der Waals surface area contributed by atoms with E-state index in [1.165, 1.54) is 0 Å². The van der Waals surface area contributed by atoms with Crippen LogP contribution in [0.5, 0.6) is 11.5 Å². The number of hydrogen-bond acceptors (Lipinski definition) is 3. The van der Waals surface area contributed by atoms with Gasteiger partial charge in [-0.2, -0.15) is 0 Å². The second kappa shape index (κ2) is 4.23. The number of methoxy groups -OCH3 is 2. The number of rotatable bonds is 3. The summed E-state index contributed by atoms with van der Waals surface area (Å²) in [6.45, 7) is 0. The summed E-state index contributed by atoms with van der Waals surface area (Å²) in [5.41, 5.74) is 0.556. The molecule has 0 fully saturated rings. The normalized spacial score (nSPS) is 10.1. The molecule has 16 heavy (non-hydrogen) atoms. The third-order valence-electron chi connectivity index (χ3n) is 2.54. The van der Waals surface area contributed by atoms with Gasteiger partial charge in [-0.1, -0.05) is 6.07 Å². The molecule has 0 saturated carbocycles. The van der Waals surface area contributed by atoms with E-state index < -0.39 is 0 Å². The van der Waals surface area contributed by atoms with Crippen LogP contribution in [0.2, 0.25) is 0 Å². The molecule has 2 aromatic rings. The standard InChI is InChI=1S/C13H12O3/c1-15-11-5-6-12-9(7-11)3-4-10(8-14)13(12)16-2/h3-8H,1-2H3. The van der Waals surface area contributed by atoms with E-state index in [4.69, 9.17) is 9.47 Å². The van der Waals surface area contributed by atoms with Gasteiger partial charge in [0, 0.05) is 5.39 Å². The first-order valence-corrected chi connectivity index (χ1v) is 4.90. The molecule has 3 heteroatoms. The van der Waals surface area contributed by atoms with Crippen molar-refractivity contribution in [3.05, 3.63) is 35.9 Å². The number of benzene rings is 2. The fraction of sp³-hybridized carbons (Fsp3) is 0.154. The maximum Gasteiger partial charge on any atom is 0.153 e. The highest BCUT2D eigenvalue weighted by molar-refractivity contribution is 5.96. The van der Waals surface area contributed by atoms with E-state index in [0.717, 1.165) is 22.8 Å². The number of fused-ring (bicyclic) bond motifs is 1. The molecule has 0 aromatic heterocycles. The van der Waals surface area contributed by atoms with Crippen LogP contribution in [0.25, 0.3) is 10.8 Å². The van der Waals surface area contributed by atoms with Crippen molar-refractivity contribution in [3.8, 4) is 11.5 Å². The van der Waals surface area contributed by atoms with Crippen molar-refractivity contribution in [2.45, 2.75) is 0 Å². The molecule has 0 atom stereocenters. The van der Waals surface area contributed by atoms with Gasteiger partial charge in [0.15, 0.2) is 6.29 Å². The quantitative estimate of drug-likeness (QED) is 0.740. The molecule has 0 spiro atoms. The summed E-state index contributed by atoms with van der Waals surface area (Å²) in [6.07, 6.45) is 0.794. The SMILES string of the molecule is COc1ccc2c(OC)c(C=O)ccc2c1. The Bertz CT molecular complexity index is 532. The lowest BCUT2D eigenvalue weighted by Gasteiger charge is -2.09. The topological polar surface area (TPSA) is 35.5 Å². The van der Waals surface area contributed by atoms with Crippen molar-refractivity contribution in [2.24, 2.45) is 0 Å². The van der Waals surface area contributed by atoms with Crippen LogP contribution >= 0.6 is 0 Å². The molecular weight excluding hydrogens is 204 g/mol. The molecule has 0 unspecified atom stereocenters. The molecular formula is C13H12O3. The summed E-state index contributed by atoms with van der Waals surface area (Å²) in [7, 11) is 3.18. The molecule has 0 heterocycles. The number of carbonyl (C=O) groups is 1. The molecule has 2 rings (SSSR count). The summed E-state index contributed by atoms with van der Waals surface area (Å²) >= 11 is 0. The molecule has 0 amide bonds. The van der Waals surface area contributed by atoms with Crippen LogP contribution in [0, 0.1) is 0 Å². The Labute approximate surface area is 93.6 Å². The van der Waals surface area contributed by atoms with Gasteiger partial charge in [-0.3, -0.25) is 4.79 Å². The second-order valence-corrected chi connectivity index (χ2v) is 3.39. The van der Waals surface area contributed by atoms with E-state index in [0.29, 0.717) is 11.3 Å². The van der Waals surface area contributed by atoms with Gasteiger partial charge in [0.05, 0.1) is 19.8 Å². The highest BCUT2D eigenvalue weighted by Gasteiger charge is 2.07. The van der Waals surface area contributed by atoms with Crippen LogP contribution in [0.3, 0.4) is 0 Å². The van der Waals surface area contributed by atoms with Crippen molar-refractivity contribution >= 4 is 17.1 Å². The lowest BCUT2D eigenvalue weighted by molar-refractivity contribution is 0.112. The highest BCUT2D eigenvalue weighted by atomic mass is 16.5. The second-order valence-electron chi connectivity index (χ2n) is 3.39. The third-order valence-corrected chi connectivity index (χ3v) is 2.54. The van der Waals surface area contributed by atoms with Crippen molar-refractivity contribution in [3.63, 3.8) is 0 Å². The molecule has 0 N–H and O–H groups in total. The summed E-state index contributed by atoms with van der Waals surface area (Å²) in [4.78, 5) is 10.8. The van der Waals surface area contributed by atoms with E-state index in [-0.39, 0.29) is 0 Å². The molecule has 0 bridgehead atoms. The molecule has 82 valence electrons. The monoisotopic (exact) mass is 216 g/mol. The van der Waals surface area contributed by atoms with E-state index in [2.05, 4.69) is 0 Å². The zero-order chi connectivity index (χ0) is 11.5. The molecule has 0 aliphatic heterocycles. The van der Waals surface area contributed by atoms with E-state index in [1.54, 1.807) is 20.3 Å². The van der Waals surface area contributed by atoms with Crippen LogP contribution in [0.4, 0.5) is 0 Å². The number of carbonyl (C=O) groups excluding carboxylic acids is 1. The Hall–Kier alpha value is -2.03. The predicted octanol–water partition coefficient (Wildman–Crippen LogP) is 2.67. The Morgan fingerprint density at radius 3 is 2.50 bits per heavy atom. The Morgan fingerprint density at radius 2 is 1.88 bits per heavy atom. The van der Waals surface area contributed by atoms with Gasteiger partial charge in [-0.15, -0.1) is 0 Å². The molecule has 0 aliphatic carbocycles. The largest absolute Gasteiger partial charge is 0.497 e. The number of hydrogen-bond donors (Lipinski definition) is 0. The van der Waals surface area contributed by atoms with Crippen molar-refractivity contribution in [2.75, 3.05) is 14.2 Å². The summed E-state index contributed by atoms with van der Waals surface area (Å²) in [5.74, 6) is 1.39. The average molecular weight is 216 g/mol. The van der Waals surface area contributed by atoms with E-state index in [9.17, 15) is 4.79 Å². The maximum atomic E-state index is 10.8. The zero-order valence-corrected chi connectivity index (χ0v) is 9.19. The first-order valence-electron chi connectivity index (χ1n) is 4.90. The Balaban J connectivity index is 2.73. The lowest BCUT2D eigenvalue weighted by atomic mass is 10.1. The summed E-state index contributed by atoms with van der Waals surface area (Å²) in [5, 5.41) is 1.90. The van der Waals surface area contributed by atoms with Crippen LogP contribution in [0.15, 0.2) is 30.3 Å². The summed E-state index contributed by atoms with van der Waals surface area (Å²) < 4.78 is 10.4. The fourth-order valence-corrected chi connectivity index (χ4v) is 1.74. The van der Waals surface area contributed by atoms with Crippen molar-refractivity contribution < 1.29 is 14.3 Å². The van der Waals surface area contributed by atoms with Gasteiger partial charge in [-0.05, 0) is 29.7 Å². The fourth-order valence-electron chi connectivity index (χ4n) is 1.74. The first kappa shape index (κ1) is 10.5. The lowest BCUT2D eigenvalue weighted by Crippen LogP contribution is -1.92. The first-order chi connectivity index (χ1) is 7.80. The predicted molar refractivity (Wildman–Crippen MR) is 62.4 cm³/mol. The van der Waals surface area contributed by atoms with Crippen LogP contribution < -0.4 is 9.47 Å². The minimum Gasteiger partial charge on any atom is -0.497 e. The van der Waals surface area contributed by atoms with E-state index in [1.807, 2.05) is 24.3 Å². The van der Waals surface area contributed by atoms with Crippen LogP contribution in [-0.2, 0) is 0 Å². The Morgan fingerprint density at radius 1 is 1.06 bits per heavy atom. The Kier molecular flexibility index (Phi) is 2.77. The maximum absolute atomic E-state index is 10.8. The van der Waals surface area contributed by atoms with Crippen molar-refractivity contribution in [1.29, 1.82) is 0 Å². The molecule has 0 aliphatic rings. The van der Waals surface area contributed by atoms with Crippen molar-refractivity contribution in [1.82, 2.24) is 0 Å². The summed E-state index contributed by atoms with van der Waals surface area (Å²) in [6, 6.07) is 9.27. The number of ether oxygens (including phenoxy) is 2. The van der Waals surface area contributed by atoms with Gasteiger partial charge in [0.25, 0.3) is 0 Å². The average Bonchev–Trinajstić information content (AvgIpc) is 2.36. The van der Waals surface area contributed by atoms with Gasteiger partial charge in [-0.25, -0.2) is 0 Å². The third kappa shape index (κ3) is 1.60. The molecule has 3 nitrogen and oxygen atoms in total. The van der Waals surface area contributed by atoms with Crippen LogP contribution in [0.1, 0.15) is 10.4 Å². The van der Waals surface area contributed by atoms with Gasteiger partial charge < -0.3 is 9.47 Å². The molecule has 0 radical (unpaired) electrons. The van der Waals surface area contributed by atoms with Crippen LogP contribution in [-0.4, -0.2) is 20.5 Å². The minimum absolute atomic E-state index is 0.556. The highest BCUT2D eigenvalue weighted by Crippen LogP contribution is 2.31. The smallest absolute Gasteiger partial charge is 0.153 e. The minimum atomic E-state index is 0.556. The zero-order valence-electron chi connectivity index (χ0n) is 9.19.